The van der Waals surface area contributed by atoms with E-state index >= 15 is 0 Å². The van der Waals surface area contributed by atoms with Crippen LogP contribution in [-0.4, -0.2) is 36.1 Å². The van der Waals surface area contributed by atoms with Crippen LogP contribution >= 0.6 is 11.6 Å². The summed E-state index contributed by atoms with van der Waals surface area (Å²) in [5.74, 6) is -1.64. The van der Waals surface area contributed by atoms with E-state index in [1.165, 1.54) is 0 Å². The Bertz CT molecular complexity index is 1200. The highest BCUT2D eigenvalue weighted by atomic mass is 35.5. The molecule has 37 heavy (non-hydrogen) atoms. The molecule has 0 bridgehead atoms. The van der Waals surface area contributed by atoms with E-state index in [0.717, 1.165) is 16.8 Å². The van der Waals surface area contributed by atoms with E-state index in [-0.39, 0.29) is 11.1 Å². The molecule has 2 atom stereocenters. The van der Waals surface area contributed by atoms with E-state index in [0.29, 0.717) is 34.8 Å². The van der Waals surface area contributed by atoms with Crippen molar-refractivity contribution in [3.05, 3.63) is 46.2 Å². The summed E-state index contributed by atoms with van der Waals surface area (Å²) < 4.78 is 12.2. The van der Waals surface area contributed by atoms with Gasteiger partial charge in [-0.3, -0.25) is 15.1 Å². The van der Waals surface area contributed by atoms with Crippen LogP contribution in [0.1, 0.15) is 83.9 Å². The molecule has 2 unspecified atom stereocenters. The molecule has 0 spiro atoms. The molecule has 3 rings (SSSR count). The van der Waals surface area contributed by atoms with Gasteiger partial charge in [0.25, 0.3) is 0 Å². The minimum absolute atomic E-state index is 0.0362. The number of carboxylic acids is 1. The van der Waals surface area contributed by atoms with E-state index in [4.69, 9.17) is 25.7 Å². The summed E-state index contributed by atoms with van der Waals surface area (Å²) in [5, 5.41) is 13.3. The van der Waals surface area contributed by atoms with Gasteiger partial charge >= 0.3 is 12.1 Å². The highest BCUT2D eigenvalue weighted by Crippen LogP contribution is 2.49. The Morgan fingerprint density at radius 2 is 1.78 bits per heavy atom. The SMILES string of the molecule is CCc1nc2c(cc1-c1cc(Cl)ccc1NC(=O)OC(C)(C)C)C(O[Si](C)(C)C(C)(C)C)CC2C(=O)O. The van der Waals surface area contributed by atoms with E-state index in [9.17, 15) is 14.7 Å². The largest absolute Gasteiger partial charge is 0.481 e. The molecule has 1 aromatic heterocycles. The first-order chi connectivity index (χ1) is 16.9. The second-order valence-electron chi connectivity index (χ2n) is 12.1. The molecular weight excluding hydrogens is 508 g/mol. The van der Waals surface area contributed by atoms with Crippen LogP contribution in [0, 0.1) is 0 Å². The van der Waals surface area contributed by atoms with Crippen LogP contribution in [0.4, 0.5) is 10.5 Å². The number of aryl methyl sites for hydroxylation is 1. The molecule has 1 heterocycles. The quantitative estimate of drug-likeness (QED) is 0.357. The number of carbonyl (C=O) groups excluding carboxylic acids is 1. The van der Waals surface area contributed by atoms with Gasteiger partial charge in [-0.25, -0.2) is 4.79 Å². The van der Waals surface area contributed by atoms with Crippen LogP contribution in [0.15, 0.2) is 24.3 Å². The highest BCUT2D eigenvalue weighted by molar-refractivity contribution is 6.74. The molecular formula is C28H39ClN2O5Si. The zero-order valence-corrected chi connectivity index (χ0v) is 25.0. The van der Waals surface area contributed by atoms with Crippen molar-refractivity contribution in [3.63, 3.8) is 0 Å². The summed E-state index contributed by atoms with van der Waals surface area (Å²) in [5.41, 5.74) is 3.42. The van der Waals surface area contributed by atoms with Gasteiger partial charge in [-0.05, 0) is 76.0 Å². The van der Waals surface area contributed by atoms with Crippen molar-refractivity contribution in [2.24, 2.45) is 0 Å². The Hall–Kier alpha value is -2.42. The maximum Gasteiger partial charge on any atom is 0.412 e. The monoisotopic (exact) mass is 546 g/mol. The number of hydrogen-bond donors (Lipinski definition) is 2. The number of aliphatic carboxylic acids is 1. The maximum absolute atomic E-state index is 12.6. The van der Waals surface area contributed by atoms with Gasteiger partial charge in [0.05, 0.1) is 17.5 Å². The van der Waals surface area contributed by atoms with Crippen LogP contribution in [0.3, 0.4) is 0 Å². The van der Waals surface area contributed by atoms with Crippen LogP contribution in [0.5, 0.6) is 0 Å². The molecule has 0 saturated carbocycles. The van der Waals surface area contributed by atoms with Crippen molar-refractivity contribution in [1.29, 1.82) is 0 Å². The minimum atomic E-state index is -2.20. The first-order valence-electron chi connectivity index (χ1n) is 12.7. The molecule has 0 fully saturated rings. The van der Waals surface area contributed by atoms with Gasteiger partial charge in [-0.1, -0.05) is 39.3 Å². The lowest BCUT2D eigenvalue weighted by atomic mass is 9.97. The Labute approximate surface area is 226 Å². The highest BCUT2D eigenvalue weighted by Gasteiger charge is 2.45. The third-order valence-corrected chi connectivity index (χ3v) is 11.8. The van der Waals surface area contributed by atoms with Gasteiger partial charge in [0.1, 0.15) is 11.5 Å². The molecule has 202 valence electrons. The lowest BCUT2D eigenvalue weighted by molar-refractivity contribution is -0.139. The van der Waals surface area contributed by atoms with Crippen LogP contribution < -0.4 is 5.32 Å². The predicted octanol–water partition coefficient (Wildman–Crippen LogP) is 7.95. The summed E-state index contributed by atoms with van der Waals surface area (Å²) in [7, 11) is -2.20. The number of amides is 1. The van der Waals surface area contributed by atoms with Crippen LogP contribution in [0.25, 0.3) is 11.1 Å². The number of ether oxygens (including phenoxy) is 1. The second-order valence-corrected chi connectivity index (χ2v) is 17.3. The molecule has 0 radical (unpaired) electrons. The third kappa shape index (κ3) is 6.53. The predicted molar refractivity (Wildman–Crippen MR) is 150 cm³/mol. The summed E-state index contributed by atoms with van der Waals surface area (Å²) in [4.78, 5) is 29.7. The molecule has 9 heteroatoms. The van der Waals surface area contributed by atoms with Crippen molar-refractivity contribution >= 4 is 37.7 Å². The number of benzene rings is 1. The summed E-state index contributed by atoms with van der Waals surface area (Å²) in [6, 6.07) is 7.20. The van der Waals surface area contributed by atoms with Gasteiger partial charge in [0, 0.05) is 27.4 Å². The molecule has 2 N–H and O–H groups in total. The number of carbonyl (C=O) groups is 2. The van der Waals surface area contributed by atoms with E-state index in [1.807, 2.05) is 13.0 Å². The number of anilines is 1. The zero-order chi connectivity index (χ0) is 27.9. The van der Waals surface area contributed by atoms with E-state index < -0.39 is 31.9 Å². The second kappa shape index (κ2) is 10.4. The Morgan fingerprint density at radius 1 is 1.14 bits per heavy atom. The molecule has 1 aliphatic carbocycles. The Kier molecular flexibility index (Phi) is 8.18. The van der Waals surface area contributed by atoms with Gasteiger partial charge in [-0.15, -0.1) is 0 Å². The standard InChI is InChI=1S/C28H39ClN2O5Si/c1-10-21-18(17-13-16(29)11-12-22(17)31-26(34)35-27(2,3)4)14-19-23(36-37(8,9)28(5,6)7)15-20(25(32)33)24(19)30-21/h11-14,20,23H,10,15H2,1-9H3,(H,31,34)(H,32,33). The summed E-state index contributed by atoms with van der Waals surface area (Å²) in [6.45, 7) is 18.2. The Balaban J connectivity index is 2.15. The van der Waals surface area contributed by atoms with Gasteiger partial charge in [0.15, 0.2) is 8.32 Å². The number of halogens is 1. The molecule has 1 aromatic carbocycles. The van der Waals surface area contributed by atoms with E-state index in [1.54, 1.807) is 39.0 Å². The molecule has 0 aliphatic heterocycles. The van der Waals surface area contributed by atoms with Crippen LogP contribution in [-0.2, 0) is 20.4 Å². The molecule has 7 nitrogen and oxygen atoms in total. The number of pyridine rings is 1. The maximum atomic E-state index is 12.6. The van der Waals surface area contributed by atoms with Crippen molar-refractivity contribution in [1.82, 2.24) is 4.98 Å². The number of carboxylic acid groups (broad SMARTS) is 1. The van der Waals surface area contributed by atoms with Crippen LogP contribution in [0.2, 0.25) is 23.2 Å². The van der Waals surface area contributed by atoms with Gasteiger partial charge in [0.2, 0.25) is 0 Å². The smallest absolute Gasteiger partial charge is 0.412 e. The van der Waals surface area contributed by atoms with Crippen molar-refractivity contribution in [2.75, 3.05) is 5.32 Å². The lowest BCUT2D eigenvalue weighted by Crippen LogP contribution is -2.41. The van der Waals surface area contributed by atoms with Gasteiger partial charge < -0.3 is 14.3 Å². The number of fused-ring (bicyclic) bond motifs is 1. The number of rotatable bonds is 6. The zero-order valence-electron chi connectivity index (χ0n) is 23.3. The third-order valence-electron chi connectivity index (χ3n) is 7.07. The van der Waals surface area contributed by atoms with Crippen molar-refractivity contribution in [3.8, 4) is 11.1 Å². The number of hydrogen-bond acceptors (Lipinski definition) is 5. The van der Waals surface area contributed by atoms with Gasteiger partial charge in [-0.2, -0.15) is 0 Å². The molecule has 1 aliphatic rings. The minimum Gasteiger partial charge on any atom is -0.481 e. The fourth-order valence-electron chi connectivity index (χ4n) is 4.20. The summed E-state index contributed by atoms with van der Waals surface area (Å²) >= 11 is 6.39. The molecule has 2 aromatic rings. The first-order valence-corrected chi connectivity index (χ1v) is 16.0. The molecule has 0 saturated heterocycles. The normalized spacial score (nSPS) is 17.9. The summed E-state index contributed by atoms with van der Waals surface area (Å²) in [6.07, 6.45) is -0.0416. The number of nitrogens with zero attached hydrogens (tertiary/aromatic N) is 1. The number of aromatic nitrogens is 1. The fourth-order valence-corrected chi connectivity index (χ4v) is 5.66. The van der Waals surface area contributed by atoms with Crippen molar-refractivity contribution in [2.45, 2.75) is 97.1 Å². The fraction of sp³-hybridized carbons (Fsp3) is 0.536. The average Bonchev–Trinajstić information content (AvgIpc) is 3.09. The van der Waals surface area contributed by atoms with Crippen molar-refractivity contribution < 1.29 is 23.9 Å². The average molecular weight is 547 g/mol. The van der Waals surface area contributed by atoms with E-state index in [2.05, 4.69) is 39.2 Å². The Morgan fingerprint density at radius 3 is 2.32 bits per heavy atom. The lowest BCUT2D eigenvalue weighted by Gasteiger charge is -2.38. The molecule has 1 amide bonds. The topological polar surface area (TPSA) is 97.8 Å². The number of nitrogens with one attached hydrogen (secondary N) is 1. The first kappa shape index (κ1) is 29.1.